The first-order valence-electron chi connectivity index (χ1n) is 6.79. The molecule has 21 heavy (non-hydrogen) atoms. The maximum Gasteiger partial charge on any atom is 0.124 e. The highest BCUT2D eigenvalue weighted by atomic mass is 79.9. The molecule has 0 aliphatic rings. The summed E-state index contributed by atoms with van der Waals surface area (Å²) in [6.45, 7) is 6.29. The van der Waals surface area contributed by atoms with E-state index in [1.807, 2.05) is 18.2 Å². The monoisotopic (exact) mass is 346 g/mol. The average molecular weight is 347 g/mol. The van der Waals surface area contributed by atoms with E-state index in [0.29, 0.717) is 6.61 Å². The van der Waals surface area contributed by atoms with Crippen LogP contribution < -0.4 is 9.47 Å². The molecule has 110 valence electrons. The van der Waals surface area contributed by atoms with Gasteiger partial charge in [-0.2, -0.15) is 0 Å². The molecule has 0 N–H and O–H groups in total. The molecule has 0 aliphatic heterocycles. The summed E-state index contributed by atoms with van der Waals surface area (Å²) in [5.74, 6) is 1.77. The lowest BCUT2D eigenvalue weighted by Crippen LogP contribution is -1.99. The van der Waals surface area contributed by atoms with Gasteiger partial charge in [0.25, 0.3) is 0 Å². The van der Waals surface area contributed by atoms with Gasteiger partial charge in [-0.05, 0) is 54.3 Å². The molecule has 0 atom stereocenters. The largest absolute Gasteiger partial charge is 0.497 e. The van der Waals surface area contributed by atoms with Gasteiger partial charge in [-0.15, -0.1) is 0 Å². The molecule has 0 bridgehead atoms. The van der Waals surface area contributed by atoms with Crippen molar-refractivity contribution in [2.75, 3.05) is 13.7 Å². The Morgan fingerprint density at radius 1 is 1.19 bits per heavy atom. The molecule has 2 aromatic rings. The SMILES string of the molecule is C=CCOc1cc(Br)cc(Cc2ccc(OC)cc2)c1C. The van der Waals surface area contributed by atoms with E-state index in [1.54, 1.807) is 13.2 Å². The van der Waals surface area contributed by atoms with Crippen LogP contribution in [-0.4, -0.2) is 13.7 Å². The van der Waals surface area contributed by atoms with Gasteiger partial charge in [-0.25, -0.2) is 0 Å². The van der Waals surface area contributed by atoms with E-state index in [4.69, 9.17) is 9.47 Å². The summed E-state index contributed by atoms with van der Waals surface area (Å²) >= 11 is 3.55. The molecule has 0 aromatic heterocycles. The zero-order valence-corrected chi connectivity index (χ0v) is 13.9. The lowest BCUT2D eigenvalue weighted by Gasteiger charge is -2.13. The molecule has 0 aliphatic carbocycles. The molecule has 0 radical (unpaired) electrons. The molecule has 2 nitrogen and oxygen atoms in total. The van der Waals surface area contributed by atoms with Crippen molar-refractivity contribution < 1.29 is 9.47 Å². The van der Waals surface area contributed by atoms with Gasteiger partial charge in [-0.1, -0.05) is 40.7 Å². The minimum Gasteiger partial charge on any atom is -0.497 e. The molecule has 3 heteroatoms. The zero-order valence-electron chi connectivity index (χ0n) is 12.4. The Morgan fingerprint density at radius 3 is 2.52 bits per heavy atom. The number of halogens is 1. The van der Waals surface area contributed by atoms with Crippen LogP contribution in [0.25, 0.3) is 0 Å². The summed E-state index contributed by atoms with van der Waals surface area (Å²) in [5.41, 5.74) is 3.65. The molecule has 0 amide bonds. The highest BCUT2D eigenvalue weighted by Gasteiger charge is 2.08. The smallest absolute Gasteiger partial charge is 0.124 e. The van der Waals surface area contributed by atoms with Crippen LogP contribution >= 0.6 is 15.9 Å². The molecule has 0 fully saturated rings. The Labute approximate surface area is 134 Å². The summed E-state index contributed by atoms with van der Waals surface area (Å²) in [5, 5.41) is 0. The van der Waals surface area contributed by atoms with E-state index in [2.05, 4.69) is 47.6 Å². The fourth-order valence-corrected chi connectivity index (χ4v) is 2.64. The second-order valence-electron chi connectivity index (χ2n) is 4.81. The van der Waals surface area contributed by atoms with Gasteiger partial charge in [-0.3, -0.25) is 0 Å². The molecule has 0 saturated carbocycles. The summed E-state index contributed by atoms with van der Waals surface area (Å²) in [4.78, 5) is 0. The van der Waals surface area contributed by atoms with Crippen molar-refractivity contribution in [1.82, 2.24) is 0 Å². The number of methoxy groups -OCH3 is 1. The average Bonchev–Trinajstić information content (AvgIpc) is 2.50. The fraction of sp³-hybridized carbons (Fsp3) is 0.222. The van der Waals surface area contributed by atoms with Crippen LogP contribution in [0.3, 0.4) is 0 Å². The van der Waals surface area contributed by atoms with Crippen molar-refractivity contribution in [1.29, 1.82) is 0 Å². The standard InChI is InChI=1S/C18H19BrO2/c1-4-9-21-18-12-16(19)11-15(13(18)2)10-14-5-7-17(20-3)8-6-14/h4-8,11-12H,1,9-10H2,2-3H3. The van der Waals surface area contributed by atoms with E-state index < -0.39 is 0 Å². The minimum absolute atomic E-state index is 0.513. The van der Waals surface area contributed by atoms with Crippen LogP contribution in [-0.2, 0) is 6.42 Å². The van der Waals surface area contributed by atoms with Gasteiger partial charge in [0.15, 0.2) is 0 Å². The first-order valence-corrected chi connectivity index (χ1v) is 7.59. The molecular formula is C18H19BrO2. The number of hydrogen-bond acceptors (Lipinski definition) is 2. The Kier molecular flexibility index (Phi) is 5.45. The van der Waals surface area contributed by atoms with Crippen LogP contribution in [0.4, 0.5) is 0 Å². The Morgan fingerprint density at radius 2 is 1.90 bits per heavy atom. The summed E-state index contributed by atoms with van der Waals surface area (Å²) < 4.78 is 11.9. The van der Waals surface area contributed by atoms with Crippen LogP contribution in [0.15, 0.2) is 53.5 Å². The predicted molar refractivity (Wildman–Crippen MR) is 90.4 cm³/mol. The van der Waals surface area contributed by atoms with Crippen molar-refractivity contribution in [2.45, 2.75) is 13.3 Å². The maximum atomic E-state index is 5.71. The van der Waals surface area contributed by atoms with Gasteiger partial charge >= 0.3 is 0 Å². The predicted octanol–water partition coefficient (Wildman–Crippen LogP) is 4.92. The molecule has 0 heterocycles. The van der Waals surface area contributed by atoms with E-state index in [0.717, 1.165) is 28.0 Å². The van der Waals surface area contributed by atoms with Gasteiger partial charge in [0.2, 0.25) is 0 Å². The first kappa shape index (κ1) is 15.6. The summed E-state index contributed by atoms with van der Waals surface area (Å²) in [7, 11) is 1.68. The Balaban J connectivity index is 2.25. The lowest BCUT2D eigenvalue weighted by atomic mass is 10.00. The van der Waals surface area contributed by atoms with Gasteiger partial charge in [0, 0.05) is 4.47 Å². The van der Waals surface area contributed by atoms with E-state index in [1.165, 1.54) is 11.1 Å². The molecule has 2 rings (SSSR count). The molecular weight excluding hydrogens is 328 g/mol. The van der Waals surface area contributed by atoms with Gasteiger partial charge in [0.05, 0.1) is 7.11 Å². The van der Waals surface area contributed by atoms with E-state index >= 15 is 0 Å². The quantitative estimate of drug-likeness (QED) is 0.691. The highest BCUT2D eigenvalue weighted by Crippen LogP contribution is 2.29. The molecule has 0 unspecified atom stereocenters. The third-order valence-corrected chi connectivity index (χ3v) is 3.80. The molecule has 0 saturated heterocycles. The molecule has 0 spiro atoms. The van der Waals surface area contributed by atoms with Crippen LogP contribution in [0.5, 0.6) is 11.5 Å². The van der Waals surface area contributed by atoms with Crippen LogP contribution in [0.2, 0.25) is 0 Å². The van der Waals surface area contributed by atoms with Crippen molar-refractivity contribution in [3.8, 4) is 11.5 Å². The van der Waals surface area contributed by atoms with Crippen molar-refractivity contribution >= 4 is 15.9 Å². The van der Waals surface area contributed by atoms with Crippen molar-refractivity contribution in [3.63, 3.8) is 0 Å². The second kappa shape index (κ2) is 7.32. The maximum absolute atomic E-state index is 5.71. The number of ether oxygens (including phenoxy) is 2. The summed E-state index contributed by atoms with van der Waals surface area (Å²) in [6, 6.07) is 12.3. The fourth-order valence-electron chi connectivity index (χ4n) is 2.15. The zero-order chi connectivity index (χ0) is 15.2. The minimum atomic E-state index is 0.513. The third-order valence-electron chi connectivity index (χ3n) is 3.34. The van der Waals surface area contributed by atoms with Crippen molar-refractivity contribution in [3.05, 3.63) is 70.2 Å². The molecule has 2 aromatic carbocycles. The highest BCUT2D eigenvalue weighted by molar-refractivity contribution is 9.10. The normalized spacial score (nSPS) is 10.2. The first-order chi connectivity index (χ1) is 10.1. The van der Waals surface area contributed by atoms with Gasteiger partial charge in [0.1, 0.15) is 18.1 Å². The van der Waals surface area contributed by atoms with Gasteiger partial charge < -0.3 is 9.47 Å². The number of hydrogen-bond donors (Lipinski definition) is 0. The lowest BCUT2D eigenvalue weighted by molar-refractivity contribution is 0.360. The van der Waals surface area contributed by atoms with E-state index in [-0.39, 0.29) is 0 Å². The van der Waals surface area contributed by atoms with Crippen molar-refractivity contribution in [2.24, 2.45) is 0 Å². The number of benzene rings is 2. The van der Waals surface area contributed by atoms with E-state index in [9.17, 15) is 0 Å². The Bertz CT molecular complexity index is 618. The number of rotatable bonds is 6. The summed E-state index contributed by atoms with van der Waals surface area (Å²) in [6.07, 6.45) is 2.61. The van der Waals surface area contributed by atoms with Crippen LogP contribution in [0.1, 0.15) is 16.7 Å². The topological polar surface area (TPSA) is 18.5 Å². The second-order valence-corrected chi connectivity index (χ2v) is 5.73. The van der Waals surface area contributed by atoms with Crippen LogP contribution in [0, 0.1) is 6.92 Å². The third kappa shape index (κ3) is 4.11. The Hall–Kier alpha value is -1.74.